The Kier molecular flexibility index (Phi) is 3.98. The van der Waals surface area contributed by atoms with Gasteiger partial charge in [0.25, 0.3) is 5.91 Å². The molecule has 0 fully saturated rings. The zero-order chi connectivity index (χ0) is 15.6. The highest BCUT2D eigenvalue weighted by Gasteiger charge is 2.19. The zero-order valence-corrected chi connectivity index (χ0v) is 12.4. The maximum Gasteiger partial charge on any atom is 0.255 e. The number of rotatable bonds is 2. The summed E-state index contributed by atoms with van der Waals surface area (Å²) in [6.07, 6.45) is 0. The second-order valence-corrected chi connectivity index (χ2v) is 5.99. The lowest BCUT2D eigenvalue weighted by Gasteiger charge is -2.23. The number of carbonyl (C=O) groups is 1. The van der Waals surface area contributed by atoms with Crippen LogP contribution in [0.2, 0.25) is 0 Å². The van der Waals surface area contributed by atoms with E-state index in [2.05, 4.69) is 26.1 Å². The lowest BCUT2D eigenvalue weighted by Crippen LogP contribution is -2.18. The summed E-state index contributed by atoms with van der Waals surface area (Å²) in [5.74, 6) is -0.833. The second-order valence-electron chi connectivity index (χ2n) is 5.99. The number of para-hydroxylation sites is 1. The van der Waals surface area contributed by atoms with Crippen LogP contribution in [0.5, 0.6) is 0 Å². The van der Waals surface area contributed by atoms with Crippen molar-refractivity contribution >= 4 is 17.3 Å². The molecule has 0 aliphatic rings. The van der Waals surface area contributed by atoms with E-state index in [4.69, 9.17) is 5.73 Å². The number of amides is 1. The van der Waals surface area contributed by atoms with Crippen LogP contribution in [0.3, 0.4) is 0 Å². The third-order valence-corrected chi connectivity index (χ3v) is 3.24. The first-order chi connectivity index (χ1) is 9.79. The average molecular weight is 286 g/mol. The molecule has 0 spiro atoms. The van der Waals surface area contributed by atoms with Gasteiger partial charge in [0.05, 0.1) is 5.69 Å². The Labute approximate surface area is 124 Å². The minimum atomic E-state index is -0.526. The molecule has 0 radical (unpaired) electrons. The molecule has 1 amide bonds. The van der Waals surface area contributed by atoms with Crippen LogP contribution in [0.25, 0.3) is 0 Å². The molecule has 2 aromatic rings. The molecule has 2 rings (SSSR count). The monoisotopic (exact) mass is 286 g/mol. The Balaban J connectivity index is 2.30. The van der Waals surface area contributed by atoms with Gasteiger partial charge >= 0.3 is 0 Å². The molecule has 4 heteroatoms. The van der Waals surface area contributed by atoms with Crippen molar-refractivity contribution in [2.45, 2.75) is 26.2 Å². The molecule has 3 N–H and O–H groups in total. The molecule has 2 aromatic carbocycles. The topological polar surface area (TPSA) is 55.1 Å². The Bertz CT molecular complexity index is 675. The van der Waals surface area contributed by atoms with Crippen LogP contribution in [-0.2, 0) is 5.41 Å². The van der Waals surface area contributed by atoms with E-state index in [1.54, 1.807) is 0 Å². The van der Waals surface area contributed by atoms with Gasteiger partial charge in [0.1, 0.15) is 5.82 Å². The fraction of sp³-hybridized carbons (Fsp3) is 0.235. The Morgan fingerprint density at radius 1 is 1.14 bits per heavy atom. The number of benzene rings is 2. The van der Waals surface area contributed by atoms with E-state index in [-0.39, 0.29) is 17.0 Å². The number of hydrogen-bond donors (Lipinski definition) is 2. The number of halogens is 1. The van der Waals surface area contributed by atoms with Crippen LogP contribution < -0.4 is 11.1 Å². The highest BCUT2D eigenvalue weighted by molar-refractivity contribution is 6.05. The number of nitrogens with one attached hydrogen (secondary N) is 1. The predicted octanol–water partition coefficient (Wildman–Crippen LogP) is 3.96. The number of anilines is 2. The summed E-state index contributed by atoms with van der Waals surface area (Å²) in [6, 6.07) is 11.6. The van der Waals surface area contributed by atoms with Gasteiger partial charge in [-0.1, -0.05) is 39.0 Å². The molecule has 0 saturated heterocycles. The molecule has 3 nitrogen and oxygen atoms in total. The van der Waals surface area contributed by atoms with Crippen molar-refractivity contribution in [3.8, 4) is 0 Å². The van der Waals surface area contributed by atoms with E-state index in [0.717, 1.165) is 11.3 Å². The molecule has 0 aliphatic carbocycles. The fourth-order valence-electron chi connectivity index (χ4n) is 2.13. The molecule has 110 valence electrons. The first-order valence-corrected chi connectivity index (χ1v) is 6.75. The molecule has 0 unspecified atom stereocenters. The van der Waals surface area contributed by atoms with Gasteiger partial charge in [0.15, 0.2) is 0 Å². The van der Waals surface area contributed by atoms with Gasteiger partial charge in [0.2, 0.25) is 0 Å². The SMILES string of the molecule is CC(C)(C)c1ccccc1NC(=O)c1ccc(F)c(N)c1. The number of nitrogen functional groups attached to an aromatic ring is 1. The van der Waals surface area contributed by atoms with E-state index in [1.165, 1.54) is 18.2 Å². The van der Waals surface area contributed by atoms with Crippen molar-refractivity contribution in [2.24, 2.45) is 0 Å². The summed E-state index contributed by atoms with van der Waals surface area (Å²) >= 11 is 0. The third-order valence-electron chi connectivity index (χ3n) is 3.24. The van der Waals surface area contributed by atoms with Gasteiger partial charge in [-0.3, -0.25) is 4.79 Å². The molecule has 0 heterocycles. The Morgan fingerprint density at radius 2 is 1.81 bits per heavy atom. The van der Waals surface area contributed by atoms with Gasteiger partial charge in [-0.05, 0) is 35.2 Å². The highest BCUT2D eigenvalue weighted by Crippen LogP contribution is 2.29. The van der Waals surface area contributed by atoms with Crippen LogP contribution >= 0.6 is 0 Å². The Hall–Kier alpha value is -2.36. The smallest absolute Gasteiger partial charge is 0.255 e. The minimum absolute atomic E-state index is 0.0354. The van der Waals surface area contributed by atoms with Gasteiger partial charge in [0, 0.05) is 11.3 Å². The minimum Gasteiger partial charge on any atom is -0.396 e. The molecule has 21 heavy (non-hydrogen) atoms. The second kappa shape index (κ2) is 5.56. The summed E-state index contributed by atoms with van der Waals surface area (Å²) in [5, 5.41) is 2.86. The fourth-order valence-corrected chi connectivity index (χ4v) is 2.13. The molecule has 0 aliphatic heterocycles. The largest absolute Gasteiger partial charge is 0.396 e. The summed E-state index contributed by atoms with van der Waals surface area (Å²) in [4.78, 5) is 12.3. The van der Waals surface area contributed by atoms with Crippen LogP contribution in [0, 0.1) is 5.82 Å². The number of nitrogens with two attached hydrogens (primary N) is 1. The van der Waals surface area contributed by atoms with E-state index < -0.39 is 5.82 Å². The predicted molar refractivity (Wildman–Crippen MR) is 83.9 cm³/mol. The summed E-state index contributed by atoms with van der Waals surface area (Å²) < 4.78 is 13.2. The molecular weight excluding hydrogens is 267 g/mol. The molecular formula is C17H19FN2O. The normalized spacial score (nSPS) is 11.2. The van der Waals surface area contributed by atoms with Crippen LogP contribution in [-0.4, -0.2) is 5.91 Å². The van der Waals surface area contributed by atoms with E-state index in [9.17, 15) is 9.18 Å². The first-order valence-electron chi connectivity index (χ1n) is 6.75. The maximum absolute atomic E-state index is 13.2. The van der Waals surface area contributed by atoms with Crippen molar-refractivity contribution < 1.29 is 9.18 Å². The molecule has 0 bridgehead atoms. The molecule has 0 saturated carbocycles. The first kappa shape index (κ1) is 15.0. The van der Waals surface area contributed by atoms with Crippen molar-refractivity contribution in [1.82, 2.24) is 0 Å². The molecule has 0 atom stereocenters. The third kappa shape index (κ3) is 3.40. The summed E-state index contributed by atoms with van der Waals surface area (Å²) in [6.45, 7) is 6.23. The standard InChI is InChI=1S/C17H19FN2O/c1-17(2,3)12-6-4-5-7-15(12)20-16(21)11-8-9-13(18)14(19)10-11/h4-10H,19H2,1-3H3,(H,20,21). The van der Waals surface area contributed by atoms with Crippen molar-refractivity contribution in [2.75, 3.05) is 11.1 Å². The maximum atomic E-state index is 13.2. The molecule has 0 aromatic heterocycles. The average Bonchev–Trinajstić information content (AvgIpc) is 2.41. The number of carbonyl (C=O) groups excluding carboxylic acids is 1. The van der Waals surface area contributed by atoms with E-state index >= 15 is 0 Å². The van der Waals surface area contributed by atoms with Crippen LogP contribution in [0.1, 0.15) is 36.7 Å². The van der Waals surface area contributed by atoms with Gasteiger partial charge < -0.3 is 11.1 Å². The van der Waals surface area contributed by atoms with Crippen molar-refractivity contribution in [3.63, 3.8) is 0 Å². The van der Waals surface area contributed by atoms with Gasteiger partial charge in [-0.25, -0.2) is 4.39 Å². The van der Waals surface area contributed by atoms with Gasteiger partial charge in [-0.15, -0.1) is 0 Å². The van der Waals surface area contributed by atoms with E-state index in [1.807, 2.05) is 24.3 Å². The lowest BCUT2D eigenvalue weighted by molar-refractivity contribution is 0.102. The van der Waals surface area contributed by atoms with E-state index in [0.29, 0.717) is 5.56 Å². The quantitative estimate of drug-likeness (QED) is 0.821. The Morgan fingerprint density at radius 3 is 2.43 bits per heavy atom. The summed E-state index contributed by atoms with van der Waals surface area (Å²) in [7, 11) is 0. The van der Waals surface area contributed by atoms with Crippen LogP contribution in [0.15, 0.2) is 42.5 Å². The van der Waals surface area contributed by atoms with Crippen molar-refractivity contribution in [1.29, 1.82) is 0 Å². The van der Waals surface area contributed by atoms with Gasteiger partial charge in [-0.2, -0.15) is 0 Å². The van der Waals surface area contributed by atoms with Crippen molar-refractivity contribution in [3.05, 3.63) is 59.4 Å². The summed E-state index contributed by atoms with van der Waals surface area (Å²) in [5.41, 5.74) is 7.48. The highest BCUT2D eigenvalue weighted by atomic mass is 19.1. The lowest BCUT2D eigenvalue weighted by atomic mass is 9.86. The van der Waals surface area contributed by atoms with Crippen LogP contribution in [0.4, 0.5) is 15.8 Å². The number of hydrogen-bond acceptors (Lipinski definition) is 2. The zero-order valence-electron chi connectivity index (χ0n) is 12.4.